The van der Waals surface area contributed by atoms with Crippen LogP contribution in [0.1, 0.15) is 40.0 Å². The Morgan fingerprint density at radius 1 is 1.33 bits per heavy atom. The number of fused-ring (bicyclic) bond motifs is 1. The predicted molar refractivity (Wildman–Crippen MR) is 88.7 cm³/mol. The molecule has 0 bridgehead atoms. The topological polar surface area (TPSA) is 42.0 Å². The Labute approximate surface area is 130 Å². The zero-order chi connectivity index (χ0) is 15.5. The molecule has 0 radical (unpaired) electrons. The molecule has 2 aromatic rings. The summed E-state index contributed by atoms with van der Waals surface area (Å²) in [4.78, 5) is 17.0. The summed E-state index contributed by atoms with van der Waals surface area (Å²) in [6, 6.07) is 7.36. The molecule has 0 aliphatic rings. The highest BCUT2D eigenvalue weighted by atomic mass is 35.5. The Morgan fingerprint density at radius 3 is 2.76 bits per heavy atom. The van der Waals surface area contributed by atoms with Crippen molar-refractivity contribution >= 4 is 34.1 Å². The molecule has 21 heavy (non-hydrogen) atoms. The largest absolute Gasteiger partial charge is 0.324 e. The molecule has 1 atom stereocenters. The lowest BCUT2D eigenvalue weighted by molar-refractivity contribution is -0.125. The Hall–Kier alpha value is -1.61. The van der Waals surface area contributed by atoms with E-state index in [0.717, 1.165) is 35.9 Å². The number of anilines is 1. The van der Waals surface area contributed by atoms with Crippen LogP contribution in [0.2, 0.25) is 5.02 Å². The van der Waals surface area contributed by atoms with E-state index in [9.17, 15) is 4.79 Å². The summed E-state index contributed by atoms with van der Waals surface area (Å²) >= 11 is 6.18. The van der Waals surface area contributed by atoms with Crippen molar-refractivity contribution in [3.05, 3.63) is 35.5 Å². The molecule has 1 N–H and O–H groups in total. The quantitative estimate of drug-likeness (QED) is 0.840. The molecule has 1 heterocycles. The summed E-state index contributed by atoms with van der Waals surface area (Å²) in [6.07, 6.45) is 4.37. The van der Waals surface area contributed by atoms with Crippen LogP contribution in [0.4, 0.5) is 5.69 Å². The van der Waals surface area contributed by atoms with Crippen LogP contribution >= 0.6 is 11.6 Å². The van der Waals surface area contributed by atoms with E-state index >= 15 is 0 Å². The molecule has 0 aliphatic carbocycles. The maximum absolute atomic E-state index is 12.6. The molecular formula is C17H21ClN2O. The van der Waals surface area contributed by atoms with Gasteiger partial charge in [0.15, 0.2) is 0 Å². The third-order valence-corrected chi connectivity index (χ3v) is 4.42. The fourth-order valence-electron chi connectivity index (χ4n) is 2.51. The fourth-order valence-corrected chi connectivity index (χ4v) is 2.73. The van der Waals surface area contributed by atoms with Gasteiger partial charge in [0.05, 0.1) is 16.2 Å². The average molecular weight is 305 g/mol. The van der Waals surface area contributed by atoms with E-state index in [1.807, 2.05) is 32.0 Å². The second-order valence-corrected chi connectivity index (χ2v) is 6.02. The first kappa shape index (κ1) is 15.8. The van der Waals surface area contributed by atoms with Gasteiger partial charge in [0.25, 0.3) is 0 Å². The number of nitrogens with one attached hydrogen (secondary N) is 1. The molecule has 1 amide bonds. The Morgan fingerprint density at radius 2 is 2.10 bits per heavy atom. The molecule has 2 rings (SSSR count). The molecule has 3 nitrogen and oxygen atoms in total. The standard InChI is InChI=1S/C17H21ClN2O/c1-4-10-17(3,5-2)16(21)20-14-9-8-13(18)12-7-6-11-19-15(12)14/h6-9,11H,4-5,10H2,1-3H3,(H,20,21). The van der Waals surface area contributed by atoms with Crippen LogP contribution in [0.3, 0.4) is 0 Å². The highest BCUT2D eigenvalue weighted by molar-refractivity contribution is 6.35. The van der Waals surface area contributed by atoms with Gasteiger partial charge < -0.3 is 5.32 Å². The van der Waals surface area contributed by atoms with Gasteiger partial charge in [0.2, 0.25) is 5.91 Å². The number of halogens is 1. The number of nitrogens with zero attached hydrogens (tertiary/aromatic N) is 1. The number of amides is 1. The normalized spacial score (nSPS) is 13.9. The summed E-state index contributed by atoms with van der Waals surface area (Å²) in [5, 5.41) is 4.52. The number of benzene rings is 1. The van der Waals surface area contributed by atoms with Crippen LogP contribution in [-0.2, 0) is 4.79 Å². The van der Waals surface area contributed by atoms with Crippen molar-refractivity contribution in [2.45, 2.75) is 40.0 Å². The highest BCUT2D eigenvalue weighted by Crippen LogP contribution is 2.32. The van der Waals surface area contributed by atoms with Crippen molar-refractivity contribution in [2.24, 2.45) is 5.41 Å². The van der Waals surface area contributed by atoms with Gasteiger partial charge in [-0.15, -0.1) is 0 Å². The van der Waals surface area contributed by atoms with Crippen molar-refractivity contribution < 1.29 is 4.79 Å². The molecular weight excluding hydrogens is 284 g/mol. The van der Waals surface area contributed by atoms with Gasteiger partial charge in [-0.3, -0.25) is 9.78 Å². The van der Waals surface area contributed by atoms with Gasteiger partial charge in [-0.2, -0.15) is 0 Å². The maximum atomic E-state index is 12.6. The number of aromatic nitrogens is 1. The summed E-state index contributed by atoms with van der Waals surface area (Å²) in [7, 11) is 0. The predicted octanol–water partition coefficient (Wildman–Crippen LogP) is 5.04. The van der Waals surface area contributed by atoms with E-state index in [4.69, 9.17) is 11.6 Å². The van der Waals surface area contributed by atoms with E-state index in [-0.39, 0.29) is 11.3 Å². The number of rotatable bonds is 5. The van der Waals surface area contributed by atoms with Gasteiger partial charge in [0.1, 0.15) is 0 Å². The van der Waals surface area contributed by atoms with Crippen molar-refractivity contribution in [3.8, 4) is 0 Å². The molecule has 0 aliphatic heterocycles. The van der Waals surface area contributed by atoms with E-state index in [1.165, 1.54) is 0 Å². The number of hydrogen-bond donors (Lipinski definition) is 1. The number of carbonyl (C=O) groups excluding carboxylic acids is 1. The monoisotopic (exact) mass is 304 g/mol. The second-order valence-electron chi connectivity index (χ2n) is 5.61. The Balaban J connectivity index is 2.36. The van der Waals surface area contributed by atoms with E-state index in [1.54, 1.807) is 12.3 Å². The van der Waals surface area contributed by atoms with Crippen LogP contribution in [-0.4, -0.2) is 10.9 Å². The van der Waals surface area contributed by atoms with E-state index < -0.39 is 0 Å². The SMILES string of the molecule is CCCC(C)(CC)C(=O)Nc1ccc(Cl)c2cccnc12. The van der Waals surface area contributed by atoms with Crippen LogP contribution in [0.15, 0.2) is 30.5 Å². The number of pyridine rings is 1. The minimum absolute atomic E-state index is 0.0427. The van der Waals surface area contributed by atoms with Gasteiger partial charge in [-0.25, -0.2) is 0 Å². The third-order valence-electron chi connectivity index (χ3n) is 4.09. The molecule has 112 valence electrons. The van der Waals surface area contributed by atoms with Crippen LogP contribution in [0.25, 0.3) is 10.9 Å². The number of hydrogen-bond acceptors (Lipinski definition) is 2. The number of carbonyl (C=O) groups is 1. The summed E-state index contributed by atoms with van der Waals surface area (Å²) < 4.78 is 0. The summed E-state index contributed by atoms with van der Waals surface area (Å²) in [5.41, 5.74) is 1.10. The maximum Gasteiger partial charge on any atom is 0.230 e. The first-order valence-corrected chi connectivity index (χ1v) is 7.74. The lowest BCUT2D eigenvalue weighted by atomic mass is 9.82. The van der Waals surface area contributed by atoms with Crippen LogP contribution in [0.5, 0.6) is 0 Å². The molecule has 0 spiro atoms. The van der Waals surface area contributed by atoms with Gasteiger partial charge in [0, 0.05) is 17.0 Å². The Bertz CT molecular complexity index is 656. The zero-order valence-corrected chi connectivity index (χ0v) is 13.5. The lowest BCUT2D eigenvalue weighted by Gasteiger charge is -2.26. The molecule has 1 unspecified atom stereocenters. The van der Waals surface area contributed by atoms with Gasteiger partial charge >= 0.3 is 0 Å². The minimum atomic E-state index is -0.352. The summed E-state index contributed by atoms with van der Waals surface area (Å²) in [6.45, 7) is 6.16. The molecule has 1 aromatic carbocycles. The minimum Gasteiger partial charge on any atom is -0.324 e. The van der Waals surface area contributed by atoms with Crippen molar-refractivity contribution in [1.82, 2.24) is 4.98 Å². The molecule has 1 aromatic heterocycles. The first-order chi connectivity index (χ1) is 10.0. The second kappa shape index (κ2) is 6.44. The van der Waals surface area contributed by atoms with Crippen molar-refractivity contribution in [1.29, 1.82) is 0 Å². The fraction of sp³-hybridized carbons (Fsp3) is 0.412. The zero-order valence-electron chi connectivity index (χ0n) is 12.7. The third kappa shape index (κ3) is 3.18. The van der Waals surface area contributed by atoms with Gasteiger partial charge in [-0.05, 0) is 37.1 Å². The van der Waals surface area contributed by atoms with Crippen molar-refractivity contribution in [2.75, 3.05) is 5.32 Å². The van der Waals surface area contributed by atoms with Crippen LogP contribution < -0.4 is 5.32 Å². The molecule has 0 saturated heterocycles. The Kier molecular flexibility index (Phi) is 4.84. The van der Waals surface area contributed by atoms with Crippen LogP contribution in [0, 0.1) is 5.41 Å². The molecule has 0 saturated carbocycles. The van der Waals surface area contributed by atoms with Crippen molar-refractivity contribution in [3.63, 3.8) is 0 Å². The van der Waals surface area contributed by atoms with E-state index in [0.29, 0.717) is 5.02 Å². The first-order valence-electron chi connectivity index (χ1n) is 7.36. The summed E-state index contributed by atoms with van der Waals surface area (Å²) in [5.74, 6) is 0.0427. The van der Waals surface area contributed by atoms with Gasteiger partial charge in [-0.1, -0.05) is 38.8 Å². The van der Waals surface area contributed by atoms with E-state index in [2.05, 4.69) is 17.2 Å². The highest BCUT2D eigenvalue weighted by Gasteiger charge is 2.30. The average Bonchev–Trinajstić information content (AvgIpc) is 2.50. The molecule has 4 heteroatoms. The lowest BCUT2D eigenvalue weighted by Crippen LogP contribution is -2.33. The smallest absolute Gasteiger partial charge is 0.230 e. The molecule has 0 fully saturated rings.